The van der Waals surface area contributed by atoms with E-state index < -0.39 is 16.6 Å². The normalized spacial score (nSPS) is 58.2. The van der Waals surface area contributed by atoms with Crippen LogP contribution in [0.1, 0.15) is 65.2 Å². The van der Waals surface area contributed by atoms with E-state index in [9.17, 15) is 20.1 Å². The summed E-state index contributed by atoms with van der Waals surface area (Å²) in [5.41, 5.74) is -2.66. The van der Waals surface area contributed by atoms with Crippen LogP contribution >= 0.6 is 0 Å². The Hall–Kier alpha value is -0.910. The Balaban J connectivity index is 1.63. The molecule has 26 heavy (non-hydrogen) atoms. The van der Waals surface area contributed by atoms with Crippen LogP contribution in [-0.4, -0.2) is 44.7 Å². The van der Waals surface area contributed by atoms with Crippen molar-refractivity contribution in [2.24, 2.45) is 22.7 Å². The Morgan fingerprint density at radius 3 is 2.69 bits per heavy atom. The highest BCUT2D eigenvalue weighted by atomic mass is 16.6. The second-order valence-electron chi connectivity index (χ2n) is 9.85. The van der Waals surface area contributed by atoms with E-state index >= 15 is 0 Å². The van der Waals surface area contributed by atoms with Crippen molar-refractivity contribution in [2.75, 3.05) is 0 Å². The molecule has 3 N–H and O–H groups in total. The fraction of sp³-hybridized carbons (Fsp3) is 0.857. The number of hydrogen-bond acceptors (Lipinski definition) is 5. The van der Waals surface area contributed by atoms with Gasteiger partial charge in [0.2, 0.25) is 0 Å². The third-order valence-corrected chi connectivity index (χ3v) is 9.15. The molecule has 1 saturated heterocycles. The van der Waals surface area contributed by atoms with Crippen molar-refractivity contribution in [2.45, 2.75) is 88.6 Å². The smallest absolute Gasteiger partial charge is 0.315 e. The fourth-order valence-corrected chi connectivity index (χ4v) is 7.81. The topological polar surface area (TPSA) is 87.0 Å². The number of carbonyl (C=O) groups excluding carboxylic acids is 1. The number of esters is 1. The minimum absolute atomic E-state index is 0.00339. The van der Waals surface area contributed by atoms with E-state index in [0.717, 1.165) is 25.7 Å². The minimum Gasteiger partial charge on any atom is -0.462 e. The highest BCUT2D eigenvalue weighted by Crippen LogP contribution is 2.71. The van der Waals surface area contributed by atoms with E-state index in [1.54, 1.807) is 0 Å². The molecule has 0 radical (unpaired) electrons. The number of cyclic esters (lactones) is 1. The summed E-state index contributed by atoms with van der Waals surface area (Å²) >= 11 is 0. The summed E-state index contributed by atoms with van der Waals surface area (Å²) in [4.78, 5) is 12.9. The van der Waals surface area contributed by atoms with Crippen molar-refractivity contribution in [1.29, 1.82) is 0 Å². The van der Waals surface area contributed by atoms with Crippen molar-refractivity contribution in [3.05, 3.63) is 11.6 Å². The highest BCUT2D eigenvalue weighted by molar-refractivity contribution is 5.83. The SMILES string of the molecule is C[C@H]1OC(=O)[C@]23CC[C@@H]4[C@@]5(C)CC[C@H](O)CC5=CC[C@@]4(O)[C@@]2(O)CC[C@H]13. The van der Waals surface area contributed by atoms with E-state index in [4.69, 9.17) is 4.74 Å². The van der Waals surface area contributed by atoms with Crippen LogP contribution in [0.2, 0.25) is 0 Å². The van der Waals surface area contributed by atoms with E-state index in [2.05, 4.69) is 6.92 Å². The molecule has 0 aromatic rings. The molecule has 1 aliphatic heterocycles. The Morgan fingerprint density at radius 2 is 1.92 bits per heavy atom. The minimum atomic E-state index is -1.42. The maximum Gasteiger partial charge on any atom is 0.315 e. The van der Waals surface area contributed by atoms with Crippen LogP contribution in [0.3, 0.4) is 0 Å². The molecule has 5 rings (SSSR count). The number of aliphatic hydroxyl groups is 3. The molecule has 5 aliphatic rings. The lowest BCUT2D eigenvalue weighted by atomic mass is 9.43. The first-order valence-electron chi connectivity index (χ1n) is 10.2. The average Bonchev–Trinajstić information content (AvgIpc) is 3.03. The molecule has 144 valence electrons. The summed E-state index contributed by atoms with van der Waals surface area (Å²) in [6, 6.07) is 0. The van der Waals surface area contributed by atoms with Gasteiger partial charge in [0.15, 0.2) is 0 Å². The number of aliphatic hydroxyl groups excluding tert-OH is 1. The molecule has 0 amide bonds. The van der Waals surface area contributed by atoms with Crippen LogP contribution < -0.4 is 0 Å². The van der Waals surface area contributed by atoms with Gasteiger partial charge < -0.3 is 20.1 Å². The molecule has 8 atom stereocenters. The molecule has 0 aromatic carbocycles. The monoisotopic (exact) mass is 362 g/mol. The summed E-state index contributed by atoms with van der Waals surface area (Å²) in [6.07, 6.45) is 6.63. The van der Waals surface area contributed by atoms with Crippen molar-refractivity contribution in [3.63, 3.8) is 0 Å². The highest BCUT2D eigenvalue weighted by Gasteiger charge is 2.80. The molecule has 4 fully saturated rings. The van der Waals surface area contributed by atoms with Gasteiger partial charge in [-0.25, -0.2) is 0 Å². The largest absolute Gasteiger partial charge is 0.462 e. The van der Waals surface area contributed by atoms with Gasteiger partial charge in [0.05, 0.1) is 6.10 Å². The van der Waals surface area contributed by atoms with Gasteiger partial charge in [-0.3, -0.25) is 4.79 Å². The number of fused-ring (bicyclic) bond motifs is 4. The Morgan fingerprint density at radius 1 is 1.15 bits per heavy atom. The van der Waals surface area contributed by atoms with Crippen LogP contribution in [0.25, 0.3) is 0 Å². The summed E-state index contributed by atoms with van der Waals surface area (Å²) in [6.45, 7) is 4.10. The van der Waals surface area contributed by atoms with E-state index in [1.807, 2.05) is 13.0 Å². The second-order valence-corrected chi connectivity index (χ2v) is 9.85. The summed E-state index contributed by atoms with van der Waals surface area (Å²) in [5, 5.41) is 34.0. The number of ether oxygens (including phenoxy) is 1. The quantitative estimate of drug-likeness (QED) is 0.454. The molecular formula is C21H30O5. The van der Waals surface area contributed by atoms with Crippen LogP contribution in [0, 0.1) is 22.7 Å². The first kappa shape index (κ1) is 17.2. The molecule has 1 spiro atoms. The third-order valence-electron chi connectivity index (χ3n) is 9.15. The molecule has 0 unspecified atom stereocenters. The maximum absolute atomic E-state index is 12.9. The third kappa shape index (κ3) is 1.63. The predicted octanol–water partition coefficient (Wildman–Crippen LogP) is 2.08. The zero-order valence-electron chi connectivity index (χ0n) is 15.7. The molecule has 4 aliphatic carbocycles. The van der Waals surface area contributed by atoms with E-state index in [1.165, 1.54) is 5.57 Å². The zero-order chi connectivity index (χ0) is 18.5. The van der Waals surface area contributed by atoms with Crippen LogP contribution in [0.15, 0.2) is 11.6 Å². The Labute approximate surface area is 154 Å². The summed E-state index contributed by atoms with van der Waals surface area (Å²) in [5.74, 6) is -0.391. The zero-order valence-corrected chi connectivity index (χ0v) is 15.7. The average molecular weight is 362 g/mol. The molecular weight excluding hydrogens is 332 g/mol. The van der Waals surface area contributed by atoms with Crippen LogP contribution in [0.4, 0.5) is 0 Å². The Bertz CT molecular complexity index is 703. The first-order chi connectivity index (χ1) is 12.2. The van der Waals surface area contributed by atoms with Crippen molar-refractivity contribution in [1.82, 2.24) is 0 Å². The van der Waals surface area contributed by atoms with Gasteiger partial charge in [-0.1, -0.05) is 18.6 Å². The van der Waals surface area contributed by atoms with Gasteiger partial charge in [-0.15, -0.1) is 0 Å². The summed E-state index contributed by atoms with van der Waals surface area (Å²) < 4.78 is 5.57. The van der Waals surface area contributed by atoms with Crippen LogP contribution in [0.5, 0.6) is 0 Å². The summed E-state index contributed by atoms with van der Waals surface area (Å²) in [7, 11) is 0. The second kappa shape index (κ2) is 4.92. The van der Waals surface area contributed by atoms with E-state index in [0.29, 0.717) is 25.7 Å². The lowest BCUT2D eigenvalue weighted by Crippen LogP contribution is -2.73. The molecule has 5 heteroatoms. The van der Waals surface area contributed by atoms with Gasteiger partial charge in [-0.2, -0.15) is 0 Å². The first-order valence-corrected chi connectivity index (χ1v) is 10.2. The van der Waals surface area contributed by atoms with Crippen molar-refractivity contribution in [3.8, 4) is 0 Å². The van der Waals surface area contributed by atoms with Gasteiger partial charge in [-0.05, 0) is 69.6 Å². The molecule has 1 heterocycles. The van der Waals surface area contributed by atoms with Crippen molar-refractivity contribution >= 4 is 5.97 Å². The molecule has 0 bridgehead atoms. The lowest BCUT2D eigenvalue weighted by molar-refractivity contribution is -0.268. The maximum atomic E-state index is 12.9. The standard InChI is InChI=1S/C21H30O5/c1-12-15-5-10-21(25)19(15,17(23)26-12)8-6-16-18(2)7-4-14(22)11-13(18)3-9-20(16,21)24/h3,12,14-16,22,24-25H,4-11H2,1-2H3/t12-,14+,15-,16-,18+,19-,20+,21-/m1/s1. The number of carbonyl (C=O) groups is 1. The number of rotatable bonds is 0. The van der Waals surface area contributed by atoms with Crippen LogP contribution in [-0.2, 0) is 9.53 Å². The van der Waals surface area contributed by atoms with Gasteiger partial charge >= 0.3 is 5.97 Å². The predicted molar refractivity (Wildman–Crippen MR) is 94.0 cm³/mol. The lowest BCUT2D eigenvalue weighted by Gasteiger charge is -2.63. The van der Waals surface area contributed by atoms with E-state index in [-0.39, 0.29) is 35.4 Å². The molecule has 0 aromatic heterocycles. The number of hydrogen-bond donors (Lipinski definition) is 3. The Kier molecular flexibility index (Phi) is 3.26. The van der Waals surface area contributed by atoms with Gasteiger partial charge in [0.1, 0.15) is 22.7 Å². The van der Waals surface area contributed by atoms with Gasteiger partial charge in [0.25, 0.3) is 0 Å². The fourth-order valence-electron chi connectivity index (χ4n) is 7.81. The molecule has 3 saturated carbocycles. The van der Waals surface area contributed by atoms with Gasteiger partial charge in [0, 0.05) is 5.92 Å². The van der Waals surface area contributed by atoms with Crippen molar-refractivity contribution < 1.29 is 24.9 Å². The molecule has 5 nitrogen and oxygen atoms in total.